The van der Waals surface area contributed by atoms with Gasteiger partial charge in [0, 0.05) is 5.56 Å². The Morgan fingerprint density at radius 3 is 2.11 bits per heavy atom. The maximum atomic E-state index is 12.0. The molecule has 1 N–H and O–H groups in total. The van der Waals surface area contributed by atoms with Crippen LogP contribution in [0.25, 0.3) is 0 Å². The zero-order valence-electron chi connectivity index (χ0n) is 10.1. The van der Waals surface area contributed by atoms with Crippen LogP contribution in [-0.2, 0) is 0 Å². The van der Waals surface area contributed by atoms with E-state index >= 15 is 0 Å². The SMILES string of the molecule is O=C(O)c1ccccc1C(=O)COc1ccccc1. The molecular weight excluding hydrogens is 244 g/mol. The fourth-order valence-corrected chi connectivity index (χ4v) is 1.66. The number of Topliss-reactive ketones (excluding diaryl/α,β-unsaturated/α-hetero) is 1. The van der Waals surface area contributed by atoms with Gasteiger partial charge in [0.2, 0.25) is 5.78 Å². The highest BCUT2D eigenvalue weighted by atomic mass is 16.5. The van der Waals surface area contributed by atoms with E-state index in [-0.39, 0.29) is 23.5 Å². The summed E-state index contributed by atoms with van der Waals surface area (Å²) in [7, 11) is 0. The number of carbonyl (C=O) groups excluding carboxylic acids is 1. The lowest BCUT2D eigenvalue weighted by molar-refractivity contribution is 0.0690. The van der Waals surface area contributed by atoms with Crippen molar-refractivity contribution in [3.63, 3.8) is 0 Å². The minimum atomic E-state index is -1.12. The van der Waals surface area contributed by atoms with Gasteiger partial charge in [-0.1, -0.05) is 36.4 Å². The number of benzene rings is 2. The Morgan fingerprint density at radius 2 is 1.47 bits per heavy atom. The summed E-state index contributed by atoms with van der Waals surface area (Å²) in [6, 6.07) is 15.0. The predicted molar refractivity (Wildman–Crippen MR) is 69.7 cm³/mol. The summed E-state index contributed by atoms with van der Waals surface area (Å²) in [5.41, 5.74) is 0.148. The number of carbonyl (C=O) groups is 2. The number of para-hydroxylation sites is 1. The highest BCUT2D eigenvalue weighted by molar-refractivity contribution is 6.06. The van der Waals surface area contributed by atoms with E-state index in [0.717, 1.165) is 0 Å². The first-order chi connectivity index (χ1) is 9.18. The number of carboxylic acids is 1. The van der Waals surface area contributed by atoms with Crippen LogP contribution in [0.2, 0.25) is 0 Å². The second-order valence-electron chi connectivity index (χ2n) is 3.88. The van der Waals surface area contributed by atoms with Crippen molar-refractivity contribution in [2.75, 3.05) is 6.61 Å². The molecule has 0 spiro atoms. The van der Waals surface area contributed by atoms with Crippen LogP contribution in [0.4, 0.5) is 0 Å². The first-order valence-electron chi connectivity index (χ1n) is 5.72. The van der Waals surface area contributed by atoms with Crippen molar-refractivity contribution in [1.29, 1.82) is 0 Å². The van der Waals surface area contributed by atoms with Gasteiger partial charge >= 0.3 is 5.97 Å². The number of ether oxygens (including phenoxy) is 1. The van der Waals surface area contributed by atoms with E-state index in [1.54, 1.807) is 36.4 Å². The monoisotopic (exact) mass is 256 g/mol. The summed E-state index contributed by atoms with van der Waals surface area (Å²) in [5, 5.41) is 9.01. The molecule has 2 aromatic carbocycles. The van der Waals surface area contributed by atoms with Gasteiger partial charge in [0.1, 0.15) is 5.75 Å². The molecule has 0 amide bonds. The fraction of sp³-hybridized carbons (Fsp3) is 0.0667. The lowest BCUT2D eigenvalue weighted by Gasteiger charge is -2.07. The van der Waals surface area contributed by atoms with Gasteiger partial charge in [0.25, 0.3) is 0 Å². The third-order valence-electron chi connectivity index (χ3n) is 2.57. The Hall–Kier alpha value is -2.62. The molecule has 19 heavy (non-hydrogen) atoms. The van der Waals surface area contributed by atoms with Gasteiger partial charge in [0.05, 0.1) is 5.56 Å². The zero-order chi connectivity index (χ0) is 13.7. The van der Waals surface area contributed by atoms with Gasteiger partial charge in [-0.2, -0.15) is 0 Å². The Balaban J connectivity index is 2.10. The Labute approximate surface area is 110 Å². The molecule has 0 bridgehead atoms. The van der Waals surface area contributed by atoms with Crippen LogP contribution >= 0.6 is 0 Å². The summed E-state index contributed by atoms with van der Waals surface area (Å²) in [4.78, 5) is 23.0. The Bertz CT molecular complexity index is 590. The van der Waals surface area contributed by atoms with Crippen LogP contribution < -0.4 is 4.74 Å². The molecule has 0 aliphatic carbocycles. The van der Waals surface area contributed by atoms with Crippen molar-refractivity contribution in [2.24, 2.45) is 0 Å². The van der Waals surface area contributed by atoms with Crippen LogP contribution in [0.15, 0.2) is 54.6 Å². The second kappa shape index (κ2) is 5.82. The fourth-order valence-electron chi connectivity index (χ4n) is 1.66. The van der Waals surface area contributed by atoms with Crippen molar-refractivity contribution in [3.05, 3.63) is 65.7 Å². The molecule has 0 aliphatic heterocycles. The van der Waals surface area contributed by atoms with Crippen molar-refractivity contribution in [2.45, 2.75) is 0 Å². The van der Waals surface area contributed by atoms with Gasteiger partial charge < -0.3 is 9.84 Å². The average molecular weight is 256 g/mol. The molecule has 96 valence electrons. The standard InChI is InChI=1S/C15H12O4/c16-14(10-19-11-6-2-1-3-7-11)12-8-4-5-9-13(12)15(17)18/h1-9H,10H2,(H,17,18). The molecule has 0 atom stereocenters. The molecule has 0 radical (unpaired) electrons. The first kappa shape index (κ1) is 12.8. The van der Waals surface area contributed by atoms with Crippen molar-refractivity contribution in [3.8, 4) is 5.75 Å². The minimum absolute atomic E-state index is 0.0100. The third-order valence-corrected chi connectivity index (χ3v) is 2.57. The van der Waals surface area contributed by atoms with Gasteiger partial charge in [-0.15, -0.1) is 0 Å². The van der Waals surface area contributed by atoms with Crippen molar-refractivity contribution in [1.82, 2.24) is 0 Å². The maximum Gasteiger partial charge on any atom is 0.336 e. The van der Waals surface area contributed by atoms with Crippen LogP contribution in [0.3, 0.4) is 0 Å². The quantitative estimate of drug-likeness (QED) is 0.835. The van der Waals surface area contributed by atoms with E-state index in [1.165, 1.54) is 12.1 Å². The molecule has 4 nitrogen and oxygen atoms in total. The van der Waals surface area contributed by atoms with Gasteiger partial charge in [-0.05, 0) is 18.2 Å². The number of aromatic carboxylic acids is 1. The van der Waals surface area contributed by atoms with Crippen LogP contribution in [-0.4, -0.2) is 23.5 Å². The molecule has 0 aromatic heterocycles. The predicted octanol–water partition coefficient (Wildman–Crippen LogP) is 2.65. The lowest BCUT2D eigenvalue weighted by Crippen LogP contribution is -2.15. The van der Waals surface area contributed by atoms with Gasteiger partial charge in [-0.3, -0.25) is 4.79 Å². The highest BCUT2D eigenvalue weighted by Crippen LogP contribution is 2.12. The summed E-state index contributed by atoms with van der Waals surface area (Å²) < 4.78 is 5.31. The molecule has 0 fully saturated rings. The highest BCUT2D eigenvalue weighted by Gasteiger charge is 2.15. The Morgan fingerprint density at radius 1 is 0.895 bits per heavy atom. The maximum absolute atomic E-state index is 12.0. The normalized spacial score (nSPS) is 9.89. The molecule has 0 aliphatic rings. The van der Waals surface area contributed by atoms with Crippen LogP contribution in [0.1, 0.15) is 20.7 Å². The molecule has 0 saturated heterocycles. The topological polar surface area (TPSA) is 63.6 Å². The van der Waals surface area contributed by atoms with Crippen molar-refractivity contribution < 1.29 is 19.4 Å². The molecule has 2 aromatic rings. The smallest absolute Gasteiger partial charge is 0.336 e. The van der Waals surface area contributed by atoms with Crippen LogP contribution in [0.5, 0.6) is 5.75 Å². The number of carboxylic acid groups (broad SMARTS) is 1. The third kappa shape index (κ3) is 3.19. The zero-order valence-corrected chi connectivity index (χ0v) is 10.1. The van der Waals surface area contributed by atoms with E-state index in [9.17, 15) is 9.59 Å². The molecule has 0 heterocycles. The average Bonchev–Trinajstić information content (AvgIpc) is 2.46. The number of ketones is 1. The molecule has 0 unspecified atom stereocenters. The van der Waals surface area contributed by atoms with E-state index in [1.807, 2.05) is 6.07 Å². The van der Waals surface area contributed by atoms with Gasteiger partial charge in [-0.25, -0.2) is 4.79 Å². The van der Waals surface area contributed by atoms with E-state index in [2.05, 4.69) is 0 Å². The molecule has 4 heteroatoms. The van der Waals surface area contributed by atoms with E-state index in [0.29, 0.717) is 5.75 Å². The number of rotatable bonds is 5. The number of hydrogen-bond donors (Lipinski definition) is 1. The largest absolute Gasteiger partial charge is 0.485 e. The summed E-state index contributed by atoms with van der Waals surface area (Å²) >= 11 is 0. The number of hydrogen-bond acceptors (Lipinski definition) is 3. The minimum Gasteiger partial charge on any atom is -0.485 e. The first-order valence-corrected chi connectivity index (χ1v) is 5.72. The molecule has 2 rings (SSSR count). The second-order valence-corrected chi connectivity index (χ2v) is 3.88. The van der Waals surface area contributed by atoms with Crippen LogP contribution in [0, 0.1) is 0 Å². The molecular formula is C15H12O4. The van der Waals surface area contributed by atoms with Gasteiger partial charge in [0.15, 0.2) is 6.61 Å². The summed E-state index contributed by atoms with van der Waals surface area (Å²) in [5.74, 6) is -0.908. The molecule has 0 saturated carbocycles. The Kier molecular flexibility index (Phi) is 3.93. The van der Waals surface area contributed by atoms with Crippen molar-refractivity contribution >= 4 is 11.8 Å². The van der Waals surface area contributed by atoms with E-state index in [4.69, 9.17) is 9.84 Å². The van der Waals surface area contributed by atoms with E-state index < -0.39 is 5.97 Å². The summed E-state index contributed by atoms with van der Waals surface area (Å²) in [6.07, 6.45) is 0. The lowest BCUT2D eigenvalue weighted by atomic mass is 10.0. The summed E-state index contributed by atoms with van der Waals surface area (Å²) in [6.45, 7) is -0.186.